The molecule has 8 nitrogen and oxygen atoms in total. The first-order valence-corrected chi connectivity index (χ1v) is 11.8. The van der Waals surface area contributed by atoms with Crippen LogP contribution in [0.2, 0.25) is 0 Å². The van der Waals surface area contributed by atoms with Gasteiger partial charge in [0.2, 0.25) is 0 Å². The van der Waals surface area contributed by atoms with E-state index in [9.17, 15) is 9.59 Å². The molecule has 0 bridgehead atoms. The summed E-state index contributed by atoms with van der Waals surface area (Å²) in [6.45, 7) is 5.20. The maximum atomic E-state index is 12.7. The zero-order valence-electron chi connectivity index (χ0n) is 20.7. The first-order chi connectivity index (χ1) is 16.8. The smallest absolute Gasteiger partial charge is 0.356 e. The van der Waals surface area contributed by atoms with Gasteiger partial charge in [-0.1, -0.05) is 13.8 Å². The molecule has 1 aromatic carbocycles. The molecule has 0 saturated heterocycles. The number of nitrogens with zero attached hydrogens (tertiary/aromatic N) is 5. The van der Waals surface area contributed by atoms with Crippen LogP contribution in [0.25, 0.3) is 22.3 Å². The monoisotopic (exact) mass is 471 g/mol. The van der Waals surface area contributed by atoms with E-state index in [2.05, 4.69) is 41.9 Å². The molecule has 8 heteroatoms. The predicted molar refractivity (Wildman–Crippen MR) is 136 cm³/mol. The van der Waals surface area contributed by atoms with Crippen molar-refractivity contribution in [2.75, 3.05) is 18.6 Å². The summed E-state index contributed by atoms with van der Waals surface area (Å²) in [5.74, 6) is -0.185. The third-order valence-electron chi connectivity index (χ3n) is 6.85. The second-order valence-electron chi connectivity index (χ2n) is 9.34. The van der Waals surface area contributed by atoms with Crippen molar-refractivity contribution in [3.63, 3.8) is 0 Å². The molecule has 0 unspecified atom stereocenters. The van der Waals surface area contributed by atoms with Crippen LogP contribution in [0.3, 0.4) is 0 Å². The molecule has 0 fully saturated rings. The number of benzene rings is 1. The normalized spacial score (nSPS) is 13.4. The number of hydrogen-bond acceptors (Lipinski definition) is 6. The highest BCUT2D eigenvalue weighted by atomic mass is 16.5. The van der Waals surface area contributed by atoms with E-state index in [4.69, 9.17) is 9.72 Å². The van der Waals surface area contributed by atoms with E-state index < -0.39 is 5.97 Å². The topological polar surface area (TPSA) is 82.3 Å². The van der Waals surface area contributed by atoms with Crippen LogP contribution in [-0.4, -0.2) is 38.7 Å². The van der Waals surface area contributed by atoms with Crippen molar-refractivity contribution < 1.29 is 9.53 Å². The molecule has 3 aromatic heterocycles. The van der Waals surface area contributed by atoms with Crippen molar-refractivity contribution in [2.24, 2.45) is 14.1 Å². The fourth-order valence-electron chi connectivity index (χ4n) is 4.94. The van der Waals surface area contributed by atoms with Crippen LogP contribution in [0.1, 0.15) is 47.8 Å². The molecule has 4 aromatic rings. The number of methoxy groups -OCH3 is 1. The van der Waals surface area contributed by atoms with Crippen molar-refractivity contribution in [3.05, 3.63) is 70.0 Å². The first kappa shape index (κ1) is 22.8. The number of fused-ring (bicyclic) bond motifs is 2. The van der Waals surface area contributed by atoms with Gasteiger partial charge in [-0.3, -0.25) is 14.1 Å². The Morgan fingerprint density at radius 2 is 1.86 bits per heavy atom. The molecule has 0 saturated carbocycles. The summed E-state index contributed by atoms with van der Waals surface area (Å²) in [7, 11) is 5.01. The summed E-state index contributed by atoms with van der Waals surface area (Å²) in [5.41, 5.74) is 8.37. The molecule has 5 rings (SSSR count). The molecule has 0 radical (unpaired) electrons. The molecule has 1 aliphatic heterocycles. The van der Waals surface area contributed by atoms with Crippen molar-refractivity contribution >= 4 is 28.4 Å². The van der Waals surface area contributed by atoms with Gasteiger partial charge in [-0.2, -0.15) is 0 Å². The SMILES string of the molecule is COC(=O)c1ccc(-c2cc3c(cn2)N(c2cc(C(C)C)c4c(c2)n(C)c(=O)n4C)CCC3)cn1. The zero-order chi connectivity index (χ0) is 24.9. The van der Waals surface area contributed by atoms with Crippen LogP contribution in [-0.2, 0) is 25.3 Å². The first-order valence-electron chi connectivity index (χ1n) is 11.8. The van der Waals surface area contributed by atoms with Gasteiger partial charge in [-0.25, -0.2) is 14.6 Å². The Hall–Kier alpha value is -3.94. The maximum Gasteiger partial charge on any atom is 0.356 e. The van der Waals surface area contributed by atoms with Gasteiger partial charge in [0.25, 0.3) is 0 Å². The number of carbonyl (C=O) groups excluding carboxylic acids is 1. The van der Waals surface area contributed by atoms with E-state index in [1.807, 2.05) is 26.4 Å². The second kappa shape index (κ2) is 8.69. The summed E-state index contributed by atoms with van der Waals surface area (Å²) in [6, 6.07) is 9.93. The highest BCUT2D eigenvalue weighted by molar-refractivity contribution is 5.88. The largest absolute Gasteiger partial charge is 0.464 e. The number of pyridine rings is 2. The molecule has 1 aliphatic rings. The Labute approximate surface area is 203 Å². The van der Waals surface area contributed by atoms with Crippen molar-refractivity contribution in [2.45, 2.75) is 32.6 Å². The summed E-state index contributed by atoms with van der Waals surface area (Å²) >= 11 is 0. The molecule has 4 heterocycles. The highest BCUT2D eigenvalue weighted by Crippen LogP contribution is 2.38. The number of aryl methyl sites for hydroxylation is 3. The maximum absolute atomic E-state index is 12.7. The lowest BCUT2D eigenvalue weighted by atomic mass is 9.97. The van der Waals surface area contributed by atoms with Gasteiger partial charge in [0, 0.05) is 38.1 Å². The van der Waals surface area contributed by atoms with Gasteiger partial charge >= 0.3 is 11.7 Å². The molecule has 0 spiro atoms. The van der Waals surface area contributed by atoms with E-state index in [0.717, 1.165) is 58.6 Å². The van der Waals surface area contributed by atoms with E-state index in [1.54, 1.807) is 21.4 Å². The molecule has 0 amide bonds. The average Bonchev–Trinajstić information content (AvgIpc) is 3.10. The van der Waals surface area contributed by atoms with Crippen LogP contribution >= 0.6 is 0 Å². The van der Waals surface area contributed by atoms with Crippen molar-refractivity contribution in [3.8, 4) is 11.3 Å². The van der Waals surface area contributed by atoms with Crippen molar-refractivity contribution in [1.82, 2.24) is 19.1 Å². The molecular formula is C27H29N5O3. The standard InChI is InChI=1S/C27H29N5O3/c1-16(2)20-12-19(13-23-25(20)31(4)27(34)30(23)3)32-10-6-7-17-11-22(29-15-24(17)32)18-8-9-21(28-14-18)26(33)35-5/h8-9,11-16H,6-7,10H2,1-5H3. The van der Waals surface area contributed by atoms with E-state index >= 15 is 0 Å². The fourth-order valence-corrected chi connectivity index (χ4v) is 4.94. The molecular weight excluding hydrogens is 442 g/mol. The number of anilines is 2. The lowest BCUT2D eigenvalue weighted by molar-refractivity contribution is 0.0594. The highest BCUT2D eigenvalue weighted by Gasteiger charge is 2.23. The van der Waals surface area contributed by atoms with Gasteiger partial charge in [-0.15, -0.1) is 0 Å². The van der Waals surface area contributed by atoms with Crippen LogP contribution in [0, 0.1) is 0 Å². The quantitative estimate of drug-likeness (QED) is 0.412. The minimum Gasteiger partial charge on any atom is -0.464 e. The number of esters is 1. The number of hydrogen-bond donors (Lipinski definition) is 0. The van der Waals surface area contributed by atoms with E-state index in [-0.39, 0.29) is 17.3 Å². The Morgan fingerprint density at radius 3 is 2.54 bits per heavy atom. The Balaban J connectivity index is 1.57. The van der Waals surface area contributed by atoms with Crippen LogP contribution < -0.4 is 10.6 Å². The second-order valence-corrected chi connectivity index (χ2v) is 9.34. The van der Waals surface area contributed by atoms with Gasteiger partial charge in [0.1, 0.15) is 5.69 Å². The number of imidazole rings is 1. The number of carbonyl (C=O) groups is 1. The Kier molecular flexibility index (Phi) is 5.67. The van der Waals surface area contributed by atoms with E-state index in [0.29, 0.717) is 0 Å². The lowest BCUT2D eigenvalue weighted by Gasteiger charge is -2.32. The minimum absolute atomic E-state index is 0.0174. The van der Waals surface area contributed by atoms with Crippen LogP contribution in [0.4, 0.5) is 11.4 Å². The summed E-state index contributed by atoms with van der Waals surface area (Å²) in [6.07, 6.45) is 5.54. The van der Waals surface area contributed by atoms with Crippen molar-refractivity contribution in [1.29, 1.82) is 0 Å². The molecule has 0 aliphatic carbocycles. The summed E-state index contributed by atoms with van der Waals surface area (Å²) in [4.78, 5) is 35.6. The van der Waals surface area contributed by atoms with E-state index in [1.165, 1.54) is 12.7 Å². The Morgan fingerprint density at radius 1 is 1.06 bits per heavy atom. The minimum atomic E-state index is -0.459. The van der Waals surface area contributed by atoms with Crippen LogP contribution in [0.5, 0.6) is 0 Å². The zero-order valence-corrected chi connectivity index (χ0v) is 20.7. The van der Waals surface area contributed by atoms with Gasteiger partial charge in [-0.05, 0) is 60.2 Å². The fraction of sp³-hybridized carbons (Fsp3) is 0.333. The Bertz CT molecular complexity index is 1500. The lowest BCUT2D eigenvalue weighted by Crippen LogP contribution is -2.25. The predicted octanol–water partition coefficient (Wildman–Crippen LogP) is 4.33. The van der Waals surface area contributed by atoms with Gasteiger partial charge in [0.05, 0.1) is 35.7 Å². The average molecular weight is 472 g/mol. The molecule has 35 heavy (non-hydrogen) atoms. The van der Waals surface area contributed by atoms with Gasteiger partial charge < -0.3 is 9.64 Å². The summed E-state index contributed by atoms with van der Waals surface area (Å²) in [5, 5.41) is 0. The number of rotatable bonds is 4. The molecule has 180 valence electrons. The third-order valence-corrected chi connectivity index (χ3v) is 6.85. The summed E-state index contributed by atoms with van der Waals surface area (Å²) < 4.78 is 8.20. The molecule has 0 N–H and O–H groups in total. The third kappa shape index (κ3) is 3.79. The molecule has 0 atom stereocenters. The van der Waals surface area contributed by atoms with Gasteiger partial charge in [0.15, 0.2) is 0 Å². The number of ether oxygens (including phenoxy) is 1. The van der Waals surface area contributed by atoms with Crippen LogP contribution in [0.15, 0.2) is 47.5 Å². The number of aromatic nitrogens is 4.